The van der Waals surface area contributed by atoms with Gasteiger partial charge in [-0.15, -0.1) is 0 Å². The number of rotatable bonds is 4. The van der Waals surface area contributed by atoms with Crippen LogP contribution in [0.25, 0.3) is 10.8 Å². The molecule has 0 bridgehead atoms. The fraction of sp³-hybridized carbons (Fsp3) is 0.0556. The standard InChI is InChI=1S/C18H15NO2/c20-18(19-21-13-14-6-2-1-3-7-14)17-11-10-15-8-4-5-9-16(15)12-17/h1-12H,13H2,(H,19,20). The molecule has 3 nitrogen and oxygen atoms in total. The average Bonchev–Trinajstić information content (AvgIpc) is 2.55. The van der Waals surface area contributed by atoms with Crippen molar-refractivity contribution in [1.29, 1.82) is 0 Å². The molecule has 3 aromatic rings. The number of benzene rings is 3. The molecule has 0 unspecified atom stereocenters. The van der Waals surface area contributed by atoms with Crippen LogP contribution in [-0.2, 0) is 11.4 Å². The summed E-state index contributed by atoms with van der Waals surface area (Å²) in [7, 11) is 0. The van der Waals surface area contributed by atoms with E-state index in [1.165, 1.54) is 0 Å². The normalized spacial score (nSPS) is 10.5. The molecule has 0 saturated heterocycles. The highest BCUT2D eigenvalue weighted by Crippen LogP contribution is 2.15. The number of carbonyl (C=O) groups is 1. The van der Waals surface area contributed by atoms with Crippen molar-refractivity contribution < 1.29 is 9.63 Å². The number of nitrogens with one attached hydrogen (secondary N) is 1. The molecule has 0 saturated carbocycles. The maximum absolute atomic E-state index is 12.0. The van der Waals surface area contributed by atoms with Crippen molar-refractivity contribution in [2.24, 2.45) is 0 Å². The fourth-order valence-electron chi connectivity index (χ4n) is 2.15. The lowest BCUT2D eigenvalue weighted by atomic mass is 10.1. The van der Waals surface area contributed by atoms with Gasteiger partial charge in [0.15, 0.2) is 0 Å². The Kier molecular flexibility index (Phi) is 3.94. The summed E-state index contributed by atoms with van der Waals surface area (Å²) in [6.07, 6.45) is 0. The highest BCUT2D eigenvalue weighted by molar-refractivity contribution is 5.98. The molecule has 0 radical (unpaired) electrons. The van der Waals surface area contributed by atoms with Crippen LogP contribution in [0.15, 0.2) is 72.8 Å². The number of fused-ring (bicyclic) bond motifs is 1. The van der Waals surface area contributed by atoms with Gasteiger partial charge in [0.25, 0.3) is 5.91 Å². The lowest BCUT2D eigenvalue weighted by molar-refractivity contribution is 0.0233. The van der Waals surface area contributed by atoms with Crippen LogP contribution in [0.1, 0.15) is 15.9 Å². The zero-order valence-electron chi connectivity index (χ0n) is 11.5. The number of carbonyl (C=O) groups excluding carboxylic acids is 1. The second kappa shape index (κ2) is 6.20. The van der Waals surface area contributed by atoms with Crippen molar-refractivity contribution in [1.82, 2.24) is 5.48 Å². The Morgan fingerprint density at radius 2 is 1.57 bits per heavy atom. The predicted molar refractivity (Wildman–Crippen MR) is 82.6 cm³/mol. The maximum Gasteiger partial charge on any atom is 0.274 e. The number of amides is 1. The summed E-state index contributed by atoms with van der Waals surface area (Å²) < 4.78 is 0. The summed E-state index contributed by atoms with van der Waals surface area (Å²) in [5.41, 5.74) is 4.07. The van der Waals surface area contributed by atoms with E-state index in [1.807, 2.05) is 66.7 Å². The maximum atomic E-state index is 12.0. The molecule has 0 spiro atoms. The van der Waals surface area contributed by atoms with Crippen LogP contribution in [0.2, 0.25) is 0 Å². The Balaban J connectivity index is 1.64. The second-order valence-corrected chi connectivity index (χ2v) is 4.77. The molecule has 1 N–H and O–H groups in total. The summed E-state index contributed by atoms with van der Waals surface area (Å²) in [6.45, 7) is 0.347. The first-order chi connectivity index (χ1) is 10.3. The van der Waals surface area contributed by atoms with Crippen LogP contribution in [0.4, 0.5) is 0 Å². The largest absolute Gasteiger partial charge is 0.274 e. The molecule has 104 valence electrons. The van der Waals surface area contributed by atoms with Gasteiger partial charge in [-0.25, -0.2) is 5.48 Å². The van der Waals surface area contributed by atoms with Gasteiger partial charge >= 0.3 is 0 Å². The van der Waals surface area contributed by atoms with E-state index in [1.54, 1.807) is 6.07 Å². The Hall–Kier alpha value is -2.65. The van der Waals surface area contributed by atoms with Crippen molar-refractivity contribution in [3.8, 4) is 0 Å². The molecule has 3 heteroatoms. The van der Waals surface area contributed by atoms with E-state index < -0.39 is 0 Å². The van der Waals surface area contributed by atoms with E-state index in [4.69, 9.17) is 4.84 Å². The van der Waals surface area contributed by atoms with E-state index in [9.17, 15) is 4.79 Å². The van der Waals surface area contributed by atoms with E-state index in [2.05, 4.69) is 5.48 Å². The fourth-order valence-corrected chi connectivity index (χ4v) is 2.15. The number of hydroxylamine groups is 1. The van der Waals surface area contributed by atoms with Gasteiger partial charge < -0.3 is 0 Å². The molecule has 21 heavy (non-hydrogen) atoms. The van der Waals surface area contributed by atoms with Gasteiger partial charge in [-0.2, -0.15) is 0 Å². The van der Waals surface area contributed by atoms with Gasteiger partial charge in [-0.3, -0.25) is 9.63 Å². The van der Waals surface area contributed by atoms with E-state index >= 15 is 0 Å². The first-order valence-electron chi connectivity index (χ1n) is 6.78. The lowest BCUT2D eigenvalue weighted by Gasteiger charge is -2.07. The van der Waals surface area contributed by atoms with Crippen molar-refractivity contribution in [3.63, 3.8) is 0 Å². The first-order valence-corrected chi connectivity index (χ1v) is 6.78. The molecular formula is C18H15NO2. The van der Waals surface area contributed by atoms with Crippen molar-refractivity contribution >= 4 is 16.7 Å². The van der Waals surface area contributed by atoms with Gasteiger partial charge in [-0.1, -0.05) is 60.7 Å². The number of hydrogen-bond acceptors (Lipinski definition) is 2. The Morgan fingerprint density at radius 3 is 2.38 bits per heavy atom. The minimum atomic E-state index is -0.239. The van der Waals surface area contributed by atoms with Gasteiger partial charge in [0.05, 0.1) is 6.61 Å². The van der Waals surface area contributed by atoms with E-state index in [0.29, 0.717) is 12.2 Å². The summed E-state index contributed by atoms with van der Waals surface area (Å²) in [5.74, 6) is -0.239. The third kappa shape index (κ3) is 3.27. The topological polar surface area (TPSA) is 38.3 Å². The van der Waals surface area contributed by atoms with E-state index in [0.717, 1.165) is 16.3 Å². The van der Waals surface area contributed by atoms with Gasteiger partial charge in [0.2, 0.25) is 0 Å². The molecule has 0 heterocycles. The van der Waals surface area contributed by atoms with Gasteiger partial charge in [-0.05, 0) is 28.5 Å². The highest BCUT2D eigenvalue weighted by Gasteiger charge is 2.06. The monoisotopic (exact) mass is 277 g/mol. The van der Waals surface area contributed by atoms with Crippen molar-refractivity contribution in [3.05, 3.63) is 83.9 Å². The SMILES string of the molecule is O=C(NOCc1ccccc1)c1ccc2ccccc2c1. The van der Waals surface area contributed by atoms with Crippen LogP contribution in [0.5, 0.6) is 0 Å². The van der Waals surface area contributed by atoms with E-state index in [-0.39, 0.29) is 5.91 Å². The highest BCUT2D eigenvalue weighted by atomic mass is 16.6. The van der Waals surface area contributed by atoms with Crippen LogP contribution in [-0.4, -0.2) is 5.91 Å². The van der Waals surface area contributed by atoms with Crippen LogP contribution in [0, 0.1) is 0 Å². The summed E-state index contributed by atoms with van der Waals surface area (Å²) >= 11 is 0. The Morgan fingerprint density at radius 1 is 0.857 bits per heavy atom. The zero-order chi connectivity index (χ0) is 14.5. The summed E-state index contributed by atoms with van der Waals surface area (Å²) in [6, 6.07) is 23.2. The quantitative estimate of drug-likeness (QED) is 0.738. The molecular weight excluding hydrogens is 262 g/mol. The van der Waals surface area contributed by atoms with Crippen LogP contribution < -0.4 is 5.48 Å². The molecule has 3 aromatic carbocycles. The molecule has 0 fully saturated rings. The smallest absolute Gasteiger partial charge is 0.269 e. The third-order valence-electron chi connectivity index (χ3n) is 3.26. The first kappa shape index (κ1) is 13.3. The third-order valence-corrected chi connectivity index (χ3v) is 3.26. The molecule has 0 aliphatic heterocycles. The van der Waals surface area contributed by atoms with Crippen LogP contribution >= 0.6 is 0 Å². The minimum Gasteiger partial charge on any atom is -0.269 e. The van der Waals surface area contributed by atoms with Gasteiger partial charge in [0.1, 0.15) is 0 Å². The summed E-state index contributed by atoms with van der Waals surface area (Å²) in [4.78, 5) is 17.3. The average molecular weight is 277 g/mol. The molecule has 0 atom stereocenters. The van der Waals surface area contributed by atoms with Crippen molar-refractivity contribution in [2.75, 3.05) is 0 Å². The molecule has 3 rings (SSSR count). The molecule has 0 aliphatic carbocycles. The Labute approximate surface area is 123 Å². The Bertz CT molecular complexity index is 753. The summed E-state index contributed by atoms with van der Waals surface area (Å²) in [5, 5.41) is 2.15. The number of hydrogen-bond donors (Lipinski definition) is 1. The van der Waals surface area contributed by atoms with Gasteiger partial charge in [0, 0.05) is 5.56 Å². The predicted octanol–water partition coefficient (Wildman–Crippen LogP) is 3.70. The molecule has 1 amide bonds. The molecule has 0 aromatic heterocycles. The molecule has 0 aliphatic rings. The van der Waals surface area contributed by atoms with Crippen LogP contribution in [0.3, 0.4) is 0 Å². The minimum absolute atomic E-state index is 0.239. The lowest BCUT2D eigenvalue weighted by Crippen LogP contribution is -2.23. The zero-order valence-corrected chi connectivity index (χ0v) is 11.5. The van der Waals surface area contributed by atoms with Crippen molar-refractivity contribution in [2.45, 2.75) is 6.61 Å². The second-order valence-electron chi connectivity index (χ2n) is 4.77.